The van der Waals surface area contributed by atoms with E-state index in [0.717, 1.165) is 10.4 Å². The Morgan fingerprint density at radius 2 is 1.96 bits per heavy atom. The van der Waals surface area contributed by atoms with E-state index in [0.29, 0.717) is 15.9 Å². The highest BCUT2D eigenvalue weighted by Crippen LogP contribution is 2.20. The number of carbonyl (C=O) groups is 1. The van der Waals surface area contributed by atoms with Gasteiger partial charge in [0, 0.05) is 10.6 Å². The second-order valence-electron chi connectivity index (χ2n) is 5.56. The fourth-order valence-corrected chi connectivity index (χ4v) is 3.18. The van der Waals surface area contributed by atoms with Crippen molar-refractivity contribution in [1.82, 2.24) is 9.55 Å². The van der Waals surface area contributed by atoms with Gasteiger partial charge in [-0.3, -0.25) is 14.2 Å². The first-order chi connectivity index (χ1) is 11.0. The second kappa shape index (κ2) is 5.96. The van der Waals surface area contributed by atoms with E-state index in [-0.39, 0.29) is 11.5 Å². The van der Waals surface area contributed by atoms with Crippen LogP contribution < -0.4 is 10.9 Å². The number of rotatable bonds is 3. The molecule has 3 rings (SSSR count). The molecule has 2 aromatic heterocycles. The number of benzene rings is 1. The van der Waals surface area contributed by atoms with Crippen molar-refractivity contribution in [2.45, 2.75) is 26.8 Å². The average molecular weight is 327 g/mol. The summed E-state index contributed by atoms with van der Waals surface area (Å²) in [5.74, 6) is -0.246. The highest BCUT2D eigenvalue weighted by molar-refractivity contribution is 7.18. The molecule has 1 aromatic carbocycles. The van der Waals surface area contributed by atoms with Crippen molar-refractivity contribution in [3.8, 4) is 0 Å². The van der Waals surface area contributed by atoms with Crippen LogP contribution in [0.5, 0.6) is 0 Å². The van der Waals surface area contributed by atoms with Gasteiger partial charge in [-0.1, -0.05) is 17.7 Å². The maximum absolute atomic E-state index is 12.5. The molecule has 0 fully saturated rings. The summed E-state index contributed by atoms with van der Waals surface area (Å²) >= 11 is 1.47. The number of aromatic nitrogens is 2. The first-order valence-electron chi connectivity index (χ1n) is 7.30. The Bertz CT molecular complexity index is 925. The van der Waals surface area contributed by atoms with Crippen molar-refractivity contribution < 1.29 is 4.79 Å². The van der Waals surface area contributed by atoms with E-state index in [4.69, 9.17) is 0 Å². The lowest BCUT2D eigenvalue weighted by molar-refractivity contribution is -0.118. The van der Waals surface area contributed by atoms with E-state index in [2.05, 4.69) is 10.3 Å². The quantitative estimate of drug-likeness (QED) is 0.803. The lowest BCUT2D eigenvalue weighted by atomic mass is 10.2. The molecule has 0 saturated heterocycles. The first kappa shape index (κ1) is 15.4. The van der Waals surface area contributed by atoms with Crippen LogP contribution in [0.2, 0.25) is 0 Å². The number of thiophene rings is 1. The van der Waals surface area contributed by atoms with Crippen LogP contribution in [0.3, 0.4) is 0 Å². The molecule has 23 heavy (non-hydrogen) atoms. The predicted octanol–water partition coefficient (Wildman–Crippen LogP) is 3.27. The van der Waals surface area contributed by atoms with Crippen LogP contribution in [0, 0.1) is 13.8 Å². The molecule has 1 N–H and O–H groups in total. The number of nitrogens with one attached hydrogen (secondary N) is 1. The largest absolute Gasteiger partial charge is 0.324 e. The van der Waals surface area contributed by atoms with Gasteiger partial charge in [0.1, 0.15) is 10.9 Å². The molecule has 1 atom stereocenters. The van der Waals surface area contributed by atoms with Crippen molar-refractivity contribution in [3.63, 3.8) is 0 Å². The van der Waals surface area contributed by atoms with Gasteiger partial charge in [0.25, 0.3) is 5.56 Å². The molecular formula is C17H17N3O2S. The van der Waals surface area contributed by atoms with Crippen LogP contribution in [-0.4, -0.2) is 15.5 Å². The zero-order valence-electron chi connectivity index (χ0n) is 13.2. The highest BCUT2D eigenvalue weighted by atomic mass is 32.1. The van der Waals surface area contributed by atoms with Crippen LogP contribution >= 0.6 is 11.3 Å². The van der Waals surface area contributed by atoms with Crippen LogP contribution in [0.25, 0.3) is 10.2 Å². The number of hydrogen-bond donors (Lipinski definition) is 1. The summed E-state index contributed by atoms with van der Waals surface area (Å²) in [6, 6.07) is 8.71. The Hall–Kier alpha value is -2.47. The third-order valence-electron chi connectivity index (χ3n) is 3.72. The third-order valence-corrected chi connectivity index (χ3v) is 4.67. The van der Waals surface area contributed by atoms with Gasteiger partial charge in [-0.25, -0.2) is 4.98 Å². The maximum Gasteiger partial charge on any atom is 0.262 e. The normalized spacial score (nSPS) is 12.3. The Balaban J connectivity index is 1.88. The second-order valence-corrected chi connectivity index (χ2v) is 6.80. The van der Waals surface area contributed by atoms with Gasteiger partial charge >= 0.3 is 0 Å². The van der Waals surface area contributed by atoms with Gasteiger partial charge in [0.15, 0.2) is 0 Å². The van der Waals surface area contributed by atoms with Crippen LogP contribution in [0.15, 0.2) is 41.5 Å². The van der Waals surface area contributed by atoms with Gasteiger partial charge in [-0.15, -0.1) is 11.3 Å². The molecule has 0 aliphatic heterocycles. The van der Waals surface area contributed by atoms with E-state index in [1.807, 2.05) is 44.2 Å². The molecule has 0 radical (unpaired) electrons. The summed E-state index contributed by atoms with van der Waals surface area (Å²) in [5.41, 5.74) is 1.64. The summed E-state index contributed by atoms with van der Waals surface area (Å²) in [6.45, 7) is 5.61. The van der Waals surface area contributed by atoms with Gasteiger partial charge in [-0.05, 0) is 39.0 Å². The van der Waals surface area contributed by atoms with Gasteiger partial charge in [0.05, 0.1) is 11.7 Å². The summed E-state index contributed by atoms with van der Waals surface area (Å²) in [4.78, 5) is 30.9. The maximum atomic E-state index is 12.5. The standard InChI is InChI=1S/C17H17N3O2S/c1-10-4-6-13(7-5-10)19-15(21)12(3)20-9-18-16-14(17(20)22)8-11(2)23-16/h4-9,12H,1-3H3,(H,19,21). The third kappa shape index (κ3) is 3.03. The van der Waals surface area contributed by atoms with E-state index >= 15 is 0 Å². The number of aryl methyl sites for hydroxylation is 2. The molecule has 2 heterocycles. The molecule has 3 aromatic rings. The van der Waals surface area contributed by atoms with Crippen LogP contribution in [0.1, 0.15) is 23.4 Å². The van der Waals surface area contributed by atoms with Gasteiger partial charge in [-0.2, -0.15) is 0 Å². The monoisotopic (exact) mass is 327 g/mol. The summed E-state index contributed by atoms with van der Waals surface area (Å²) in [5, 5.41) is 3.38. The summed E-state index contributed by atoms with van der Waals surface area (Å²) in [7, 11) is 0. The zero-order chi connectivity index (χ0) is 16.6. The fraction of sp³-hybridized carbons (Fsp3) is 0.235. The topological polar surface area (TPSA) is 64.0 Å². The lowest BCUT2D eigenvalue weighted by Gasteiger charge is -2.14. The summed E-state index contributed by atoms with van der Waals surface area (Å²) < 4.78 is 1.37. The smallest absolute Gasteiger partial charge is 0.262 e. The molecule has 1 amide bonds. The van der Waals surface area contributed by atoms with Crippen molar-refractivity contribution in [3.05, 3.63) is 57.5 Å². The minimum Gasteiger partial charge on any atom is -0.324 e. The number of hydrogen-bond acceptors (Lipinski definition) is 4. The molecule has 0 aliphatic rings. The Morgan fingerprint density at radius 1 is 1.26 bits per heavy atom. The van der Waals surface area contributed by atoms with E-state index in [1.54, 1.807) is 6.92 Å². The average Bonchev–Trinajstić information content (AvgIpc) is 2.91. The van der Waals surface area contributed by atoms with E-state index < -0.39 is 6.04 Å². The van der Waals surface area contributed by atoms with Crippen molar-refractivity contribution in [2.24, 2.45) is 0 Å². The van der Waals surface area contributed by atoms with Gasteiger partial charge in [0.2, 0.25) is 5.91 Å². The molecule has 5 nitrogen and oxygen atoms in total. The van der Waals surface area contributed by atoms with Gasteiger partial charge < -0.3 is 5.32 Å². The molecule has 6 heteroatoms. The minimum atomic E-state index is -0.638. The molecule has 0 bridgehead atoms. The van der Waals surface area contributed by atoms with E-state index in [9.17, 15) is 9.59 Å². The Morgan fingerprint density at radius 3 is 2.65 bits per heavy atom. The Labute approximate surface area is 137 Å². The van der Waals surface area contributed by atoms with Crippen molar-refractivity contribution in [1.29, 1.82) is 0 Å². The van der Waals surface area contributed by atoms with Crippen LogP contribution in [0.4, 0.5) is 5.69 Å². The zero-order valence-corrected chi connectivity index (χ0v) is 14.0. The molecule has 1 unspecified atom stereocenters. The van der Waals surface area contributed by atoms with Crippen LogP contribution in [-0.2, 0) is 4.79 Å². The predicted molar refractivity (Wildman–Crippen MR) is 93.1 cm³/mol. The highest BCUT2D eigenvalue weighted by Gasteiger charge is 2.18. The summed E-state index contributed by atoms with van der Waals surface area (Å²) in [6.07, 6.45) is 1.44. The minimum absolute atomic E-state index is 0.189. The fourth-order valence-electron chi connectivity index (χ4n) is 2.34. The number of anilines is 1. The van der Waals surface area contributed by atoms with Crippen molar-refractivity contribution >= 4 is 33.1 Å². The number of fused-ring (bicyclic) bond motifs is 1. The van der Waals surface area contributed by atoms with Crippen molar-refractivity contribution in [2.75, 3.05) is 5.32 Å². The number of carbonyl (C=O) groups excluding carboxylic acids is 1. The van der Waals surface area contributed by atoms with E-state index in [1.165, 1.54) is 22.2 Å². The molecule has 118 valence electrons. The Kier molecular flexibility index (Phi) is 4.00. The lowest BCUT2D eigenvalue weighted by Crippen LogP contribution is -2.31. The number of nitrogens with zero attached hydrogens (tertiary/aromatic N) is 2. The SMILES string of the molecule is Cc1ccc(NC(=O)C(C)n2cnc3sc(C)cc3c2=O)cc1. The first-order valence-corrected chi connectivity index (χ1v) is 8.12. The molecule has 0 saturated carbocycles. The molecule has 0 aliphatic carbocycles. The molecule has 0 spiro atoms. The molecular weight excluding hydrogens is 310 g/mol. The number of amides is 1.